The first-order chi connectivity index (χ1) is 14.2. The molecule has 0 aromatic carbocycles. The van der Waals surface area contributed by atoms with E-state index in [0.29, 0.717) is 31.7 Å². The van der Waals surface area contributed by atoms with E-state index in [1.54, 1.807) is 23.6 Å². The molecule has 1 unspecified atom stereocenters. The van der Waals surface area contributed by atoms with Crippen LogP contribution in [0.3, 0.4) is 0 Å². The van der Waals surface area contributed by atoms with Crippen molar-refractivity contribution >= 4 is 11.8 Å². The Balaban J connectivity index is 1.38. The van der Waals surface area contributed by atoms with Crippen molar-refractivity contribution in [1.82, 2.24) is 19.8 Å². The van der Waals surface area contributed by atoms with E-state index in [-0.39, 0.29) is 17.7 Å². The van der Waals surface area contributed by atoms with Crippen molar-refractivity contribution in [3.63, 3.8) is 0 Å². The predicted octanol–water partition coefficient (Wildman–Crippen LogP) is 2.68. The Morgan fingerprint density at radius 2 is 2.14 bits per heavy atom. The molecule has 0 spiro atoms. The molecule has 1 aliphatic heterocycles. The fourth-order valence-electron chi connectivity index (χ4n) is 3.72. The molecular formula is C22H24N4O3. The lowest BCUT2D eigenvalue weighted by molar-refractivity contribution is -0.126. The van der Waals surface area contributed by atoms with Gasteiger partial charge in [-0.15, -0.1) is 0 Å². The van der Waals surface area contributed by atoms with Gasteiger partial charge in [-0.05, 0) is 49.2 Å². The quantitative estimate of drug-likeness (QED) is 0.699. The summed E-state index contributed by atoms with van der Waals surface area (Å²) in [6.45, 7) is 1.62. The van der Waals surface area contributed by atoms with Gasteiger partial charge in [0.1, 0.15) is 11.5 Å². The maximum absolute atomic E-state index is 13.1. The minimum Gasteiger partial charge on any atom is -0.469 e. The first-order valence-corrected chi connectivity index (χ1v) is 9.89. The number of rotatable bonds is 6. The molecular weight excluding hydrogens is 368 g/mol. The summed E-state index contributed by atoms with van der Waals surface area (Å²) in [4.78, 5) is 31.6. The second-order valence-electron chi connectivity index (χ2n) is 7.19. The largest absolute Gasteiger partial charge is 0.469 e. The highest BCUT2D eigenvalue weighted by Crippen LogP contribution is 2.20. The first kappa shape index (κ1) is 19.0. The number of carbonyl (C=O) groups excluding carboxylic acids is 2. The summed E-state index contributed by atoms with van der Waals surface area (Å²) in [7, 11) is 0. The van der Waals surface area contributed by atoms with E-state index in [2.05, 4.69) is 10.3 Å². The van der Waals surface area contributed by atoms with Crippen LogP contribution in [0.15, 0.2) is 65.7 Å². The topological polar surface area (TPSA) is 80.4 Å². The summed E-state index contributed by atoms with van der Waals surface area (Å²) >= 11 is 0. The van der Waals surface area contributed by atoms with Crippen molar-refractivity contribution in [3.05, 3.63) is 72.7 Å². The van der Waals surface area contributed by atoms with Crippen molar-refractivity contribution in [3.8, 4) is 5.69 Å². The molecule has 1 saturated heterocycles. The van der Waals surface area contributed by atoms with E-state index < -0.39 is 0 Å². The maximum Gasteiger partial charge on any atom is 0.270 e. The maximum atomic E-state index is 13.1. The molecule has 1 aliphatic rings. The number of carbonyl (C=O) groups is 2. The fourth-order valence-corrected chi connectivity index (χ4v) is 3.72. The van der Waals surface area contributed by atoms with E-state index in [4.69, 9.17) is 4.42 Å². The normalized spacial score (nSPS) is 16.6. The van der Waals surface area contributed by atoms with Gasteiger partial charge >= 0.3 is 0 Å². The van der Waals surface area contributed by atoms with Gasteiger partial charge in [0.05, 0.1) is 24.1 Å². The zero-order valence-electron chi connectivity index (χ0n) is 16.2. The van der Waals surface area contributed by atoms with Crippen LogP contribution >= 0.6 is 0 Å². The molecule has 1 N–H and O–H groups in total. The summed E-state index contributed by atoms with van der Waals surface area (Å²) in [6.07, 6.45) is 9.18. The SMILES string of the molecule is O=C(NCCc1ccco1)C1CCCN(C(=O)c2cccn2-c2cccnc2)C1. The highest BCUT2D eigenvalue weighted by molar-refractivity contribution is 5.94. The smallest absolute Gasteiger partial charge is 0.270 e. The Hall–Kier alpha value is -3.35. The molecule has 150 valence electrons. The lowest BCUT2D eigenvalue weighted by atomic mass is 9.96. The predicted molar refractivity (Wildman–Crippen MR) is 108 cm³/mol. The van der Waals surface area contributed by atoms with E-state index >= 15 is 0 Å². The number of hydrogen-bond acceptors (Lipinski definition) is 4. The summed E-state index contributed by atoms with van der Waals surface area (Å²) in [5, 5.41) is 2.97. The molecule has 4 heterocycles. The average molecular weight is 392 g/mol. The summed E-state index contributed by atoms with van der Waals surface area (Å²) < 4.78 is 7.12. The van der Waals surface area contributed by atoms with Crippen LogP contribution in [0.25, 0.3) is 5.69 Å². The lowest BCUT2D eigenvalue weighted by Gasteiger charge is -2.32. The molecule has 2 amide bonds. The molecule has 7 nitrogen and oxygen atoms in total. The second-order valence-corrected chi connectivity index (χ2v) is 7.19. The van der Waals surface area contributed by atoms with Crippen LogP contribution in [0.5, 0.6) is 0 Å². The van der Waals surface area contributed by atoms with Crippen LogP contribution in [0.4, 0.5) is 0 Å². The molecule has 0 saturated carbocycles. The standard InChI is InChI=1S/C22H24N4O3/c27-21(24-11-9-19-7-4-14-29-19)17-5-2-12-25(16-17)22(28)20-8-3-13-26(20)18-6-1-10-23-15-18/h1,3-4,6-8,10,13-15,17H,2,5,9,11-12,16H2,(H,24,27). The number of nitrogens with zero attached hydrogens (tertiary/aromatic N) is 3. The third-order valence-corrected chi connectivity index (χ3v) is 5.22. The van der Waals surface area contributed by atoms with E-state index in [0.717, 1.165) is 24.3 Å². The van der Waals surface area contributed by atoms with Crippen LogP contribution < -0.4 is 5.32 Å². The van der Waals surface area contributed by atoms with Crippen LogP contribution in [-0.4, -0.2) is 45.9 Å². The number of piperidine rings is 1. The van der Waals surface area contributed by atoms with Crippen LogP contribution in [0, 0.1) is 5.92 Å². The Labute approximate surface area is 169 Å². The molecule has 29 heavy (non-hydrogen) atoms. The van der Waals surface area contributed by atoms with Gasteiger partial charge in [0.25, 0.3) is 5.91 Å². The molecule has 1 fully saturated rings. The van der Waals surface area contributed by atoms with Gasteiger partial charge in [0, 0.05) is 38.4 Å². The lowest BCUT2D eigenvalue weighted by Crippen LogP contribution is -2.46. The van der Waals surface area contributed by atoms with Gasteiger partial charge in [0.15, 0.2) is 0 Å². The van der Waals surface area contributed by atoms with Gasteiger partial charge in [-0.2, -0.15) is 0 Å². The number of nitrogens with one attached hydrogen (secondary N) is 1. The van der Waals surface area contributed by atoms with Gasteiger partial charge in [0.2, 0.25) is 5.91 Å². The second kappa shape index (κ2) is 8.77. The minimum absolute atomic E-state index is 0.00306. The highest BCUT2D eigenvalue weighted by Gasteiger charge is 2.30. The Bertz CT molecular complexity index is 950. The monoisotopic (exact) mass is 392 g/mol. The molecule has 4 rings (SSSR count). The molecule has 3 aromatic heterocycles. The van der Waals surface area contributed by atoms with E-state index in [9.17, 15) is 9.59 Å². The van der Waals surface area contributed by atoms with Crippen molar-refractivity contribution in [2.24, 2.45) is 5.92 Å². The third-order valence-electron chi connectivity index (χ3n) is 5.22. The van der Waals surface area contributed by atoms with Gasteiger partial charge in [-0.3, -0.25) is 14.6 Å². The van der Waals surface area contributed by atoms with Crippen molar-refractivity contribution < 1.29 is 14.0 Å². The number of likely N-dealkylation sites (tertiary alicyclic amines) is 1. The minimum atomic E-state index is -0.189. The zero-order valence-corrected chi connectivity index (χ0v) is 16.2. The van der Waals surface area contributed by atoms with Gasteiger partial charge in [-0.1, -0.05) is 0 Å². The van der Waals surface area contributed by atoms with Crippen molar-refractivity contribution in [2.45, 2.75) is 19.3 Å². The summed E-state index contributed by atoms with van der Waals surface area (Å²) in [5.41, 5.74) is 1.42. The van der Waals surface area contributed by atoms with Crippen LogP contribution in [0.2, 0.25) is 0 Å². The van der Waals surface area contributed by atoms with Crippen molar-refractivity contribution in [1.29, 1.82) is 0 Å². The Kier molecular flexibility index (Phi) is 5.74. The van der Waals surface area contributed by atoms with Crippen LogP contribution in [0.1, 0.15) is 29.1 Å². The highest BCUT2D eigenvalue weighted by atomic mass is 16.3. The molecule has 0 aliphatic carbocycles. The van der Waals surface area contributed by atoms with E-state index in [1.165, 1.54) is 0 Å². The van der Waals surface area contributed by atoms with E-state index in [1.807, 2.05) is 47.2 Å². The number of amides is 2. The molecule has 3 aromatic rings. The zero-order chi connectivity index (χ0) is 20.1. The number of hydrogen-bond donors (Lipinski definition) is 1. The fraction of sp³-hybridized carbons (Fsp3) is 0.318. The molecule has 7 heteroatoms. The number of pyridine rings is 1. The number of aromatic nitrogens is 2. The van der Waals surface area contributed by atoms with Crippen LogP contribution in [-0.2, 0) is 11.2 Å². The average Bonchev–Trinajstić information content (AvgIpc) is 3.46. The third kappa shape index (κ3) is 4.39. The molecule has 1 atom stereocenters. The summed E-state index contributed by atoms with van der Waals surface area (Å²) in [5.74, 6) is 0.594. The Morgan fingerprint density at radius 3 is 2.93 bits per heavy atom. The Morgan fingerprint density at radius 1 is 1.21 bits per heavy atom. The first-order valence-electron chi connectivity index (χ1n) is 9.89. The van der Waals surface area contributed by atoms with Gasteiger partial charge in [-0.25, -0.2) is 0 Å². The van der Waals surface area contributed by atoms with Crippen molar-refractivity contribution in [2.75, 3.05) is 19.6 Å². The van der Waals surface area contributed by atoms with Gasteiger partial charge < -0.3 is 19.2 Å². The summed E-state index contributed by atoms with van der Waals surface area (Å²) in [6, 6.07) is 11.1. The molecule has 0 radical (unpaired) electrons. The molecule has 0 bridgehead atoms. The number of furan rings is 1.